The molecule has 96 valence electrons. The average molecular weight is 314 g/mol. The zero-order valence-electron chi connectivity index (χ0n) is 10.1. The maximum Gasteiger partial charge on any atom is 0.165 e. The zero-order chi connectivity index (χ0) is 13.1. The second-order valence-electron chi connectivity index (χ2n) is 4.08. The van der Waals surface area contributed by atoms with Crippen molar-refractivity contribution in [3.63, 3.8) is 0 Å². The van der Waals surface area contributed by atoms with E-state index in [1.807, 2.05) is 13.8 Å². The Balaban J connectivity index is 2.07. The lowest BCUT2D eigenvalue weighted by molar-refractivity contribution is 0.282. The molecule has 0 N–H and O–H groups in total. The van der Waals surface area contributed by atoms with Gasteiger partial charge in [0.1, 0.15) is 24.5 Å². The Morgan fingerprint density at radius 2 is 2.22 bits per heavy atom. The summed E-state index contributed by atoms with van der Waals surface area (Å²) in [7, 11) is 0. The summed E-state index contributed by atoms with van der Waals surface area (Å²) in [6.45, 7) is 4.34. The van der Waals surface area contributed by atoms with Crippen molar-refractivity contribution in [2.24, 2.45) is 0 Å². The van der Waals surface area contributed by atoms with E-state index in [-0.39, 0.29) is 11.9 Å². The standard InChI is InChI=1S/C12H13BrFN3O/c1-8(2)17-12(15-7-16-17)6-18-9-3-4-11(14)10(13)5-9/h3-5,7-8H,6H2,1-2H3. The molecular weight excluding hydrogens is 301 g/mol. The highest BCUT2D eigenvalue weighted by molar-refractivity contribution is 9.10. The van der Waals surface area contributed by atoms with Crippen LogP contribution < -0.4 is 4.74 Å². The van der Waals surface area contributed by atoms with Gasteiger partial charge in [0.25, 0.3) is 0 Å². The Morgan fingerprint density at radius 3 is 2.89 bits per heavy atom. The van der Waals surface area contributed by atoms with Crippen LogP contribution in [0.1, 0.15) is 25.7 Å². The van der Waals surface area contributed by atoms with Crippen molar-refractivity contribution in [1.82, 2.24) is 14.8 Å². The predicted octanol–water partition coefficient (Wildman–Crippen LogP) is 3.34. The Bertz CT molecular complexity index is 542. The van der Waals surface area contributed by atoms with Crippen LogP contribution in [0.15, 0.2) is 29.0 Å². The summed E-state index contributed by atoms with van der Waals surface area (Å²) >= 11 is 3.11. The van der Waals surface area contributed by atoms with Crippen molar-refractivity contribution in [3.8, 4) is 5.75 Å². The molecule has 2 aromatic rings. The fraction of sp³-hybridized carbons (Fsp3) is 0.333. The average Bonchev–Trinajstić information content (AvgIpc) is 2.79. The minimum absolute atomic E-state index is 0.228. The van der Waals surface area contributed by atoms with Crippen LogP contribution in [0.3, 0.4) is 0 Å². The van der Waals surface area contributed by atoms with Gasteiger partial charge in [0, 0.05) is 6.04 Å². The highest BCUT2D eigenvalue weighted by atomic mass is 79.9. The molecule has 0 amide bonds. The second-order valence-corrected chi connectivity index (χ2v) is 4.93. The van der Waals surface area contributed by atoms with E-state index in [9.17, 15) is 4.39 Å². The maximum atomic E-state index is 13.1. The first-order valence-electron chi connectivity index (χ1n) is 5.54. The molecule has 1 heterocycles. The monoisotopic (exact) mass is 313 g/mol. The third-order valence-corrected chi connectivity index (χ3v) is 3.00. The van der Waals surface area contributed by atoms with E-state index in [4.69, 9.17) is 4.74 Å². The topological polar surface area (TPSA) is 39.9 Å². The Kier molecular flexibility index (Phi) is 3.96. The van der Waals surface area contributed by atoms with Gasteiger partial charge in [0.05, 0.1) is 4.47 Å². The summed E-state index contributed by atoms with van der Waals surface area (Å²) in [4.78, 5) is 4.13. The van der Waals surface area contributed by atoms with Gasteiger partial charge in [0.15, 0.2) is 5.82 Å². The van der Waals surface area contributed by atoms with Gasteiger partial charge in [-0.15, -0.1) is 0 Å². The molecule has 18 heavy (non-hydrogen) atoms. The Labute approximate surface area is 113 Å². The van der Waals surface area contributed by atoms with Gasteiger partial charge in [0.2, 0.25) is 0 Å². The SMILES string of the molecule is CC(C)n1ncnc1COc1ccc(F)c(Br)c1. The molecule has 0 aliphatic rings. The van der Waals surface area contributed by atoms with Crippen molar-refractivity contribution in [1.29, 1.82) is 0 Å². The molecule has 0 fully saturated rings. The molecule has 0 aliphatic carbocycles. The molecular formula is C12H13BrFN3O. The van der Waals surface area contributed by atoms with Gasteiger partial charge in [-0.3, -0.25) is 0 Å². The molecule has 1 aromatic heterocycles. The van der Waals surface area contributed by atoms with Crippen LogP contribution in [0.2, 0.25) is 0 Å². The summed E-state index contributed by atoms with van der Waals surface area (Å²) < 4.78 is 20.8. The maximum absolute atomic E-state index is 13.1. The van der Waals surface area contributed by atoms with E-state index in [1.165, 1.54) is 12.4 Å². The molecule has 0 saturated heterocycles. The van der Waals surface area contributed by atoms with Crippen molar-refractivity contribution >= 4 is 15.9 Å². The van der Waals surface area contributed by atoms with Crippen LogP contribution in [0, 0.1) is 5.82 Å². The number of aromatic nitrogens is 3. The van der Waals surface area contributed by atoms with E-state index < -0.39 is 0 Å². The van der Waals surface area contributed by atoms with Crippen molar-refractivity contribution in [3.05, 3.63) is 40.6 Å². The molecule has 4 nitrogen and oxygen atoms in total. The normalized spacial score (nSPS) is 10.9. The fourth-order valence-electron chi connectivity index (χ4n) is 1.52. The lowest BCUT2D eigenvalue weighted by atomic mass is 10.3. The highest BCUT2D eigenvalue weighted by Gasteiger charge is 2.08. The van der Waals surface area contributed by atoms with E-state index in [1.54, 1.807) is 16.8 Å². The number of nitrogens with zero attached hydrogens (tertiary/aromatic N) is 3. The number of rotatable bonds is 4. The van der Waals surface area contributed by atoms with Crippen LogP contribution in [0.4, 0.5) is 4.39 Å². The van der Waals surface area contributed by atoms with Gasteiger partial charge in [-0.2, -0.15) is 5.10 Å². The first kappa shape index (κ1) is 13.0. The lowest BCUT2D eigenvalue weighted by Crippen LogP contribution is -2.10. The van der Waals surface area contributed by atoms with Crippen LogP contribution in [-0.4, -0.2) is 14.8 Å². The number of hydrogen-bond acceptors (Lipinski definition) is 3. The number of benzene rings is 1. The molecule has 0 saturated carbocycles. The molecule has 0 bridgehead atoms. The minimum atomic E-state index is -0.312. The van der Waals surface area contributed by atoms with E-state index in [0.717, 1.165) is 5.82 Å². The third-order valence-electron chi connectivity index (χ3n) is 2.40. The van der Waals surface area contributed by atoms with Crippen molar-refractivity contribution in [2.75, 3.05) is 0 Å². The summed E-state index contributed by atoms with van der Waals surface area (Å²) in [5.74, 6) is 1.01. The lowest BCUT2D eigenvalue weighted by Gasteiger charge is -2.10. The molecule has 0 aliphatic heterocycles. The van der Waals surface area contributed by atoms with Crippen LogP contribution in [-0.2, 0) is 6.61 Å². The van der Waals surface area contributed by atoms with Crippen molar-refractivity contribution < 1.29 is 9.13 Å². The minimum Gasteiger partial charge on any atom is -0.486 e. The van der Waals surface area contributed by atoms with Crippen molar-refractivity contribution in [2.45, 2.75) is 26.5 Å². The van der Waals surface area contributed by atoms with Crippen LogP contribution in [0.5, 0.6) is 5.75 Å². The molecule has 0 radical (unpaired) electrons. The largest absolute Gasteiger partial charge is 0.486 e. The van der Waals surface area contributed by atoms with Crippen LogP contribution in [0.25, 0.3) is 0 Å². The van der Waals surface area contributed by atoms with E-state index in [0.29, 0.717) is 16.8 Å². The quantitative estimate of drug-likeness (QED) is 0.869. The van der Waals surface area contributed by atoms with Gasteiger partial charge < -0.3 is 4.74 Å². The summed E-state index contributed by atoms with van der Waals surface area (Å²) in [5, 5.41) is 4.12. The molecule has 6 heteroatoms. The van der Waals surface area contributed by atoms with Gasteiger partial charge in [-0.25, -0.2) is 14.1 Å². The van der Waals surface area contributed by atoms with Gasteiger partial charge in [-0.05, 0) is 48.0 Å². The zero-order valence-corrected chi connectivity index (χ0v) is 11.7. The Morgan fingerprint density at radius 1 is 1.44 bits per heavy atom. The van der Waals surface area contributed by atoms with E-state index in [2.05, 4.69) is 26.0 Å². The number of hydrogen-bond donors (Lipinski definition) is 0. The first-order valence-corrected chi connectivity index (χ1v) is 6.33. The second kappa shape index (κ2) is 5.48. The smallest absolute Gasteiger partial charge is 0.165 e. The predicted molar refractivity (Wildman–Crippen MR) is 68.8 cm³/mol. The highest BCUT2D eigenvalue weighted by Crippen LogP contribution is 2.22. The van der Waals surface area contributed by atoms with Crippen LogP contribution >= 0.6 is 15.9 Å². The Hall–Kier alpha value is -1.43. The van der Waals surface area contributed by atoms with Gasteiger partial charge in [-0.1, -0.05) is 0 Å². The van der Waals surface area contributed by atoms with E-state index >= 15 is 0 Å². The summed E-state index contributed by atoms with van der Waals surface area (Å²) in [6, 6.07) is 4.75. The summed E-state index contributed by atoms with van der Waals surface area (Å²) in [5.41, 5.74) is 0. The molecule has 1 aromatic carbocycles. The molecule has 2 rings (SSSR count). The number of halogens is 2. The molecule has 0 atom stereocenters. The fourth-order valence-corrected chi connectivity index (χ4v) is 1.88. The molecule has 0 spiro atoms. The summed E-state index contributed by atoms with van der Waals surface area (Å²) in [6.07, 6.45) is 1.50. The van der Waals surface area contributed by atoms with Gasteiger partial charge >= 0.3 is 0 Å². The first-order chi connectivity index (χ1) is 8.58. The third kappa shape index (κ3) is 2.87. The molecule has 0 unspecified atom stereocenters. The number of ether oxygens (including phenoxy) is 1.